The highest BCUT2D eigenvalue weighted by molar-refractivity contribution is 7.99. The molecule has 1 fully saturated rings. The van der Waals surface area contributed by atoms with Crippen LogP contribution in [0.1, 0.15) is 12.8 Å². The van der Waals surface area contributed by atoms with Crippen molar-refractivity contribution in [2.75, 3.05) is 25.4 Å². The van der Waals surface area contributed by atoms with E-state index in [2.05, 4.69) is 0 Å². The fraction of sp³-hybridized carbons (Fsp3) is 0.571. The number of halogens is 4. The third-order valence-electron chi connectivity index (χ3n) is 3.37. The van der Waals surface area contributed by atoms with E-state index in [1.165, 1.54) is 12.1 Å². The molecule has 1 aromatic rings. The van der Waals surface area contributed by atoms with Crippen molar-refractivity contribution in [3.05, 3.63) is 30.1 Å². The maximum absolute atomic E-state index is 12.7. The van der Waals surface area contributed by atoms with Gasteiger partial charge in [-0.2, -0.15) is 13.2 Å². The molecule has 1 aromatic carbocycles. The summed E-state index contributed by atoms with van der Waals surface area (Å²) in [6.07, 6.45) is -2.18. The Morgan fingerprint density at radius 2 is 1.75 bits per heavy atom. The summed E-state index contributed by atoms with van der Waals surface area (Å²) >= 11 is 1.65. The van der Waals surface area contributed by atoms with Crippen LogP contribution in [0.25, 0.3) is 0 Å². The van der Waals surface area contributed by atoms with Gasteiger partial charge in [-0.25, -0.2) is 4.39 Å². The molecule has 0 amide bonds. The highest BCUT2D eigenvalue weighted by Gasteiger charge is 2.46. The highest BCUT2D eigenvalue weighted by atomic mass is 32.2. The van der Waals surface area contributed by atoms with Gasteiger partial charge in [0.1, 0.15) is 5.82 Å². The van der Waals surface area contributed by atoms with Crippen LogP contribution in [0.3, 0.4) is 0 Å². The molecule has 1 aliphatic rings. The summed E-state index contributed by atoms with van der Waals surface area (Å²) in [4.78, 5) is 2.87. The first-order chi connectivity index (χ1) is 9.45. The van der Waals surface area contributed by atoms with Crippen molar-refractivity contribution in [2.24, 2.45) is 5.92 Å². The van der Waals surface area contributed by atoms with Gasteiger partial charge in [0.05, 0.1) is 5.92 Å². The van der Waals surface area contributed by atoms with Crippen molar-refractivity contribution in [2.45, 2.75) is 23.9 Å². The molecule has 1 aliphatic heterocycles. The Kier molecular flexibility index (Phi) is 5.32. The molecule has 0 aliphatic carbocycles. The fourth-order valence-electron chi connectivity index (χ4n) is 2.12. The van der Waals surface area contributed by atoms with Gasteiger partial charge in [0.15, 0.2) is 0 Å². The van der Waals surface area contributed by atoms with Gasteiger partial charge in [-0.15, -0.1) is 11.8 Å². The predicted octanol–water partition coefficient (Wildman–Crippen LogP) is 4.19. The topological polar surface area (TPSA) is 3.24 Å². The zero-order valence-corrected chi connectivity index (χ0v) is 11.8. The van der Waals surface area contributed by atoms with Crippen LogP contribution in [0.5, 0.6) is 0 Å². The molecular formula is C14H17F4NS. The summed E-state index contributed by atoms with van der Waals surface area (Å²) in [5.41, 5.74) is 0. The van der Waals surface area contributed by atoms with E-state index in [4.69, 9.17) is 0 Å². The van der Waals surface area contributed by atoms with Crippen molar-refractivity contribution in [3.63, 3.8) is 0 Å². The molecular weight excluding hydrogens is 290 g/mol. The molecule has 0 unspecified atom stereocenters. The zero-order valence-electron chi connectivity index (χ0n) is 11.0. The third kappa shape index (κ3) is 4.66. The average Bonchev–Trinajstić information content (AvgIpc) is 2.31. The SMILES string of the molecule is Fc1ccc(SCCCCN2CC(C(F)(F)F)C2)cc1. The van der Waals surface area contributed by atoms with Crippen LogP contribution in [0.4, 0.5) is 17.6 Å². The number of hydrogen-bond donors (Lipinski definition) is 0. The molecule has 0 saturated carbocycles. The van der Waals surface area contributed by atoms with Crippen molar-refractivity contribution < 1.29 is 17.6 Å². The molecule has 6 heteroatoms. The smallest absolute Gasteiger partial charge is 0.302 e. The molecule has 0 radical (unpaired) electrons. The molecule has 0 bridgehead atoms. The molecule has 0 N–H and O–H groups in total. The van der Waals surface area contributed by atoms with E-state index in [1.54, 1.807) is 23.9 Å². The van der Waals surface area contributed by atoms with E-state index in [-0.39, 0.29) is 18.9 Å². The van der Waals surface area contributed by atoms with Crippen LogP contribution < -0.4 is 0 Å². The maximum atomic E-state index is 12.7. The summed E-state index contributed by atoms with van der Waals surface area (Å²) < 4.78 is 49.5. The Morgan fingerprint density at radius 3 is 2.35 bits per heavy atom. The van der Waals surface area contributed by atoms with E-state index < -0.39 is 12.1 Å². The van der Waals surface area contributed by atoms with E-state index >= 15 is 0 Å². The number of thioether (sulfide) groups is 1. The number of rotatable bonds is 6. The summed E-state index contributed by atoms with van der Waals surface area (Å²) in [5.74, 6) is -0.468. The van der Waals surface area contributed by atoms with Gasteiger partial charge in [-0.3, -0.25) is 0 Å². The molecule has 1 saturated heterocycles. The van der Waals surface area contributed by atoms with Crippen LogP contribution in [-0.4, -0.2) is 36.5 Å². The number of likely N-dealkylation sites (tertiary alicyclic amines) is 1. The maximum Gasteiger partial charge on any atom is 0.394 e. The quantitative estimate of drug-likeness (QED) is 0.440. The number of nitrogens with zero attached hydrogens (tertiary/aromatic N) is 1. The first kappa shape index (κ1) is 15.6. The first-order valence-electron chi connectivity index (χ1n) is 6.62. The lowest BCUT2D eigenvalue weighted by Gasteiger charge is -2.40. The van der Waals surface area contributed by atoms with Gasteiger partial charge in [-0.1, -0.05) is 0 Å². The van der Waals surface area contributed by atoms with Gasteiger partial charge in [-0.05, 0) is 49.4 Å². The van der Waals surface area contributed by atoms with Crippen LogP contribution >= 0.6 is 11.8 Å². The normalized spacial score (nSPS) is 17.2. The number of alkyl halides is 3. The molecule has 0 atom stereocenters. The van der Waals surface area contributed by atoms with Crippen molar-refractivity contribution in [1.82, 2.24) is 4.90 Å². The monoisotopic (exact) mass is 307 g/mol. The Balaban J connectivity index is 1.52. The predicted molar refractivity (Wildman–Crippen MR) is 72.3 cm³/mol. The molecule has 112 valence electrons. The molecule has 1 heterocycles. The van der Waals surface area contributed by atoms with E-state index in [9.17, 15) is 17.6 Å². The second kappa shape index (κ2) is 6.80. The third-order valence-corrected chi connectivity index (χ3v) is 4.47. The van der Waals surface area contributed by atoms with Gasteiger partial charge in [0.25, 0.3) is 0 Å². The van der Waals surface area contributed by atoms with Crippen molar-refractivity contribution in [3.8, 4) is 0 Å². The zero-order chi connectivity index (χ0) is 14.6. The lowest BCUT2D eigenvalue weighted by atomic mass is 9.99. The molecule has 0 aromatic heterocycles. The van der Waals surface area contributed by atoms with Gasteiger partial charge < -0.3 is 4.90 Å². The Morgan fingerprint density at radius 1 is 1.10 bits per heavy atom. The van der Waals surface area contributed by atoms with Gasteiger partial charge in [0, 0.05) is 18.0 Å². The van der Waals surface area contributed by atoms with E-state index in [0.717, 1.165) is 30.0 Å². The minimum atomic E-state index is -4.03. The van der Waals surface area contributed by atoms with Crippen LogP contribution in [0.15, 0.2) is 29.2 Å². The first-order valence-corrected chi connectivity index (χ1v) is 7.61. The van der Waals surface area contributed by atoms with Gasteiger partial charge >= 0.3 is 6.18 Å². The Hall–Kier alpha value is -0.750. The number of hydrogen-bond acceptors (Lipinski definition) is 2. The fourth-order valence-corrected chi connectivity index (χ4v) is 3.03. The second-order valence-electron chi connectivity index (χ2n) is 5.01. The number of unbranched alkanes of at least 4 members (excludes halogenated alkanes) is 1. The lowest BCUT2D eigenvalue weighted by Crippen LogP contribution is -2.53. The van der Waals surface area contributed by atoms with E-state index in [1.807, 2.05) is 4.90 Å². The lowest BCUT2D eigenvalue weighted by molar-refractivity contribution is -0.209. The molecule has 0 spiro atoms. The Bertz CT molecular complexity index is 412. The Labute approximate surface area is 120 Å². The van der Waals surface area contributed by atoms with Crippen molar-refractivity contribution >= 4 is 11.8 Å². The summed E-state index contributed by atoms with van der Waals surface area (Å²) in [7, 11) is 0. The highest BCUT2D eigenvalue weighted by Crippen LogP contribution is 2.33. The average molecular weight is 307 g/mol. The minimum absolute atomic E-state index is 0.147. The molecule has 20 heavy (non-hydrogen) atoms. The van der Waals surface area contributed by atoms with Gasteiger partial charge in [0.2, 0.25) is 0 Å². The molecule has 1 nitrogen and oxygen atoms in total. The summed E-state index contributed by atoms with van der Waals surface area (Å²) in [6.45, 7) is 1.03. The minimum Gasteiger partial charge on any atom is -0.302 e. The standard InChI is InChI=1S/C14H17F4NS/c15-12-3-5-13(6-4-12)20-8-2-1-7-19-9-11(10-19)14(16,17)18/h3-6,11H,1-2,7-10H2. The summed E-state index contributed by atoms with van der Waals surface area (Å²) in [5, 5.41) is 0. The van der Waals surface area contributed by atoms with E-state index in [0.29, 0.717) is 0 Å². The molecule has 2 rings (SSSR count). The van der Waals surface area contributed by atoms with Crippen molar-refractivity contribution in [1.29, 1.82) is 0 Å². The largest absolute Gasteiger partial charge is 0.394 e. The van der Waals surface area contributed by atoms with Crippen LogP contribution in [0.2, 0.25) is 0 Å². The number of benzene rings is 1. The second-order valence-corrected chi connectivity index (χ2v) is 6.18. The van der Waals surface area contributed by atoms with Crippen LogP contribution in [-0.2, 0) is 0 Å². The summed E-state index contributed by atoms with van der Waals surface area (Å²) in [6, 6.07) is 6.34. The van der Waals surface area contributed by atoms with Crippen LogP contribution in [0, 0.1) is 11.7 Å².